The molecule has 0 aliphatic carbocycles. The predicted octanol–water partition coefficient (Wildman–Crippen LogP) is 1.45. The highest BCUT2D eigenvalue weighted by molar-refractivity contribution is 5.67. The number of nitrogens with one attached hydrogen (secondary N) is 1. The quantitative estimate of drug-likeness (QED) is 0.757. The van der Waals surface area contributed by atoms with Gasteiger partial charge in [0.15, 0.2) is 0 Å². The maximum Gasteiger partial charge on any atom is 0.410 e. The smallest absolute Gasteiger partial charge is 0.410 e. The maximum absolute atomic E-state index is 11.7. The number of rotatable bonds is 7. The summed E-state index contributed by atoms with van der Waals surface area (Å²) in [6.07, 6.45) is -0.790. The van der Waals surface area contributed by atoms with E-state index >= 15 is 0 Å². The third-order valence-electron chi connectivity index (χ3n) is 4.92. The molecular weight excluding hydrogens is 356 g/mol. The van der Waals surface area contributed by atoms with Crippen molar-refractivity contribution in [3.8, 4) is 16.9 Å². The molecule has 2 aromatic carbocycles. The Labute approximate surface area is 166 Å². The fourth-order valence-electron chi connectivity index (χ4n) is 3.38. The van der Waals surface area contributed by atoms with E-state index in [-0.39, 0.29) is 12.7 Å². The third kappa shape index (κ3) is 5.71. The molecule has 0 unspecified atom stereocenters. The Morgan fingerprint density at radius 3 is 2.36 bits per heavy atom. The molecule has 150 valence electrons. The summed E-state index contributed by atoms with van der Waals surface area (Å²) >= 11 is 0. The Morgan fingerprint density at radius 2 is 1.71 bits per heavy atom. The van der Waals surface area contributed by atoms with E-state index in [1.165, 1.54) is 10.5 Å². The number of aliphatic hydroxyl groups excluding tert-OH is 1. The molecule has 3 rings (SSSR count). The maximum atomic E-state index is 11.7. The van der Waals surface area contributed by atoms with Crippen LogP contribution in [0.5, 0.6) is 5.75 Å². The molecule has 0 radical (unpaired) electrons. The number of carbonyl (C=O) groups excluding carboxylic acids is 1. The first-order valence-corrected chi connectivity index (χ1v) is 9.87. The minimum atomic E-state index is -0.544. The number of hydrogen-bond donors (Lipinski definition) is 2. The molecule has 28 heavy (non-hydrogen) atoms. The van der Waals surface area contributed by atoms with Crippen LogP contribution in [0, 0.1) is 0 Å². The van der Waals surface area contributed by atoms with Crippen molar-refractivity contribution < 1.29 is 24.3 Å². The van der Waals surface area contributed by atoms with Crippen LogP contribution in [0.1, 0.15) is 6.92 Å². The third-order valence-corrected chi connectivity index (χ3v) is 4.92. The van der Waals surface area contributed by atoms with Gasteiger partial charge in [-0.05, 0) is 30.2 Å². The van der Waals surface area contributed by atoms with Crippen LogP contribution >= 0.6 is 0 Å². The van der Waals surface area contributed by atoms with E-state index in [1.54, 1.807) is 4.90 Å². The largest absolute Gasteiger partial charge is 0.491 e. The topological polar surface area (TPSA) is 63.4 Å². The van der Waals surface area contributed by atoms with Gasteiger partial charge in [0.2, 0.25) is 0 Å². The van der Waals surface area contributed by atoms with Crippen LogP contribution in [0.15, 0.2) is 54.6 Å². The van der Waals surface area contributed by atoms with E-state index in [2.05, 4.69) is 12.1 Å². The minimum absolute atomic E-state index is 0.246. The first-order chi connectivity index (χ1) is 13.7. The summed E-state index contributed by atoms with van der Waals surface area (Å²) in [6.45, 7) is 6.00. The summed E-state index contributed by atoms with van der Waals surface area (Å²) in [5, 5.41) is 10.3. The molecule has 6 heteroatoms. The second-order valence-corrected chi connectivity index (χ2v) is 7.00. The lowest BCUT2D eigenvalue weighted by atomic mass is 10.1. The van der Waals surface area contributed by atoms with Crippen molar-refractivity contribution in [2.45, 2.75) is 13.0 Å². The van der Waals surface area contributed by atoms with Crippen LogP contribution in [0.3, 0.4) is 0 Å². The molecule has 1 heterocycles. The molecule has 0 aromatic heterocycles. The second kappa shape index (κ2) is 10.1. The van der Waals surface area contributed by atoms with Gasteiger partial charge >= 0.3 is 6.09 Å². The Hall–Kier alpha value is -2.57. The number of ether oxygens (including phenoxy) is 2. The number of aliphatic hydroxyl groups is 1. The van der Waals surface area contributed by atoms with Crippen LogP contribution in [-0.4, -0.2) is 68.1 Å². The summed E-state index contributed by atoms with van der Waals surface area (Å²) in [5.74, 6) is 0.751. The SMILES string of the molecule is CCOC(=O)N1CC[NH+](C[C@@H](O)COc2ccc(-c3ccccc3)cc2)CC1. The van der Waals surface area contributed by atoms with Gasteiger partial charge in [0, 0.05) is 0 Å². The number of hydrogen-bond acceptors (Lipinski definition) is 4. The van der Waals surface area contributed by atoms with Gasteiger partial charge in [-0.25, -0.2) is 4.79 Å². The minimum Gasteiger partial charge on any atom is -0.491 e. The van der Waals surface area contributed by atoms with Crippen LogP contribution in [-0.2, 0) is 4.74 Å². The highest BCUT2D eigenvalue weighted by atomic mass is 16.6. The number of nitrogens with zero attached hydrogens (tertiary/aromatic N) is 1. The van der Waals surface area contributed by atoms with Crippen molar-refractivity contribution in [2.75, 3.05) is 45.9 Å². The molecule has 1 fully saturated rings. The van der Waals surface area contributed by atoms with Crippen LogP contribution < -0.4 is 9.64 Å². The highest BCUT2D eigenvalue weighted by Gasteiger charge is 2.26. The molecule has 1 aliphatic heterocycles. The Kier molecular flexibility index (Phi) is 7.28. The summed E-state index contributed by atoms with van der Waals surface area (Å²) < 4.78 is 10.8. The molecule has 0 bridgehead atoms. The average molecular weight is 385 g/mol. The lowest BCUT2D eigenvalue weighted by Gasteiger charge is -2.32. The highest BCUT2D eigenvalue weighted by Crippen LogP contribution is 2.22. The van der Waals surface area contributed by atoms with E-state index in [1.807, 2.05) is 49.4 Å². The summed E-state index contributed by atoms with van der Waals surface area (Å²) in [5.41, 5.74) is 2.30. The zero-order chi connectivity index (χ0) is 19.8. The van der Waals surface area contributed by atoms with Crippen molar-refractivity contribution in [3.63, 3.8) is 0 Å². The lowest BCUT2D eigenvalue weighted by Crippen LogP contribution is -3.16. The molecule has 1 aliphatic rings. The average Bonchev–Trinajstić information content (AvgIpc) is 2.74. The number of quaternary nitrogens is 1. The van der Waals surface area contributed by atoms with Gasteiger partial charge in [0.05, 0.1) is 32.8 Å². The fraction of sp³-hybridized carbons (Fsp3) is 0.409. The molecule has 2 N–H and O–H groups in total. The number of carbonyl (C=O) groups is 1. The number of benzene rings is 2. The molecular formula is C22H29N2O4+. The van der Waals surface area contributed by atoms with Gasteiger partial charge < -0.3 is 19.5 Å². The van der Waals surface area contributed by atoms with Gasteiger partial charge in [-0.3, -0.25) is 4.90 Å². The molecule has 6 nitrogen and oxygen atoms in total. The van der Waals surface area contributed by atoms with Gasteiger partial charge in [-0.15, -0.1) is 0 Å². The predicted molar refractivity (Wildman–Crippen MR) is 108 cm³/mol. The van der Waals surface area contributed by atoms with E-state index in [9.17, 15) is 9.90 Å². The Morgan fingerprint density at radius 1 is 1.07 bits per heavy atom. The monoisotopic (exact) mass is 385 g/mol. The van der Waals surface area contributed by atoms with E-state index in [0.29, 0.717) is 26.2 Å². The van der Waals surface area contributed by atoms with E-state index < -0.39 is 6.10 Å². The van der Waals surface area contributed by atoms with Crippen molar-refractivity contribution in [1.82, 2.24) is 4.90 Å². The van der Waals surface area contributed by atoms with Crippen molar-refractivity contribution >= 4 is 6.09 Å². The number of piperazine rings is 1. The zero-order valence-electron chi connectivity index (χ0n) is 16.3. The molecule has 0 spiro atoms. The van der Waals surface area contributed by atoms with E-state index in [4.69, 9.17) is 9.47 Å². The van der Waals surface area contributed by atoms with Gasteiger partial charge in [0.25, 0.3) is 0 Å². The zero-order valence-corrected chi connectivity index (χ0v) is 16.3. The van der Waals surface area contributed by atoms with E-state index in [0.717, 1.165) is 24.4 Å². The summed E-state index contributed by atoms with van der Waals surface area (Å²) in [4.78, 5) is 14.7. The Bertz CT molecular complexity index is 728. The van der Waals surface area contributed by atoms with Gasteiger partial charge in [0.1, 0.15) is 25.0 Å². The van der Waals surface area contributed by atoms with Crippen molar-refractivity contribution in [1.29, 1.82) is 0 Å². The normalized spacial score (nSPS) is 15.9. The summed E-state index contributed by atoms with van der Waals surface area (Å²) in [7, 11) is 0. The molecule has 1 saturated heterocycles. The van der Waals surface area contributed by atoms with Gasteiger partial charge in [-0.2, -0.15) is 0 Å². The first kappa shape index (κ1) is 20.2. The first-order valence-electron chi connectivity index (χ1n) is 9.87. The second-order valence-electron chi connectivity index (χ2n) is 7.00. The Balaban J connectivity index is 1.40. The fourth-order valence-corrected chi connectivity index (χ4v) is 3.38. The van der Waals surface area contributed by atoms with Gasteiger partial charge in [-0.1, -0.05) is 42.5 Å². The molecule has 0 saturated carbocycles. The molecule has 2 aromatic rings. The number of amides is 1. The lowest BCUT2D eigenvalue weighted by molar-refractivity contribution is -0.907. The molecule has 1 atom stereocenters. The van der Waals surface area contributed by atoms with Crippen molar-refractivity contribution in [2.24, 2.45) is 0 Å². The van der Waals surface area contributed by atoms with Crippen LogP contribution in [0.25, 0.3) is 11.1 Å². The van der Waals surface area contributed by atoms with Crippen LogP contribution in [0.4, 0.5) is 4.79 Å². The summed E-state index contributed by atoms with van der Waals surface area (Å²) in [6, 6.07) is 18.1. The molecule has 1 amide bonds. The standard InChI is InChI=1S/C22H28N2O4/c1-2-27-22(26)24-14-12-23(13-15-24)16-20(25)17-28-21-10-8-19(9-11-21)18-6-4-3-5-7-18/h3-11,20,25H,2,12-17H2,1H3/p+1/t20-/m1/s1. The van der Waals surface area contributed by atoms with Crippen LogP contribution in [0.2, 0.25) is 0 Å². The van der Waals surface area contributed by atoms with Crippen molar-refractivity contribution in [3.05, 3.63) is 54.6 Å².